The SMILES string of the molecule is CCOC1(C)C=C(N)C=CC1C(=O)Nc1cn[nH]c1-c1nc2c([nH]1)CC(C)(OC)C(OC)=C2. The Kier molecular flexibility index (Phi) is 5.89. The second-order valence-corrected chi connectivity index (χ2v) is 8.52. The van der Waals surface area contributed by atoms with Gasteiger partial charge in [-0.05, 0) is 32.9 Å². The molecule has 2 aliphatic rings. The van der Waals surface area contributed by atoms with Gasteiger partial charge in [-0.15, -0.1) is 0 Å². The number of hydrogen-bond acceptors (Lipinski definition) is 7. The number of amides is 1. The number of rotatable bonds is 7. The topological polar surface area (TPSA) is 140 Å². The minimum atomic E-state index is -0.850. The number of carbonyl (C=O) groups excluding carboxylic acids is 1. The van der Waals surface area contributed by atoms with E-state index in [4.69, 9.17) is 19.9 Å². The lowest BCUT2D eigenvalue weighted by Crippen LogP contribution is -2.44. The van der Waals surface area contributed by atoms with Gasteiger partial charge in [-0.3, -0.25) is 9.89 Å². The summed E-state index contributed by atoms with van der Waals surface area (Å²) in [6, 6.07) is 0. The number of imidazole rings is 1. The zero-order chi connectivity index (χ0) is 23.8. The molecule has 0 aliphatic heterocycles. The fourth-order valence-corrected chi connectivity index (χ4v) is 4.37. The van der Waals surface area contributed by atoms with Gasteiger partial charge >= 0.3 is 0 Å². The van der Waals surface area contributed by atoms with E-state index in [1.54, 1.807) is 38.6 Å². The van der Waals surface area contributed by atoms with Crippen LogP contribution < -0.4 is 11.1 Å². The minimum Gasteiger partial charge on any atom is -0.498 e. The molecule has 2 aliphatic carbocycles. The number of carbonyl (C=O) groups is 1. The molecule has 0 saturated heterocycles. The van der Waals surface area contributed by atoms with Crippen molar-refractivity contribution in [2.45, 2.75) is 38.4 Å². The van der Waals surface area contributed by atoms with Crippen LogP contribution in [0.1, 0.15) is 32.2 Å². The van der Waals surface area contributed by atoms with Crippen LogP contribution in [0.5, 0.6) is 0 Å². The standard InChI is InChI=1S/C23H30N6O4/c1-6-33-22(2)10-13(24)7-8-14(22)21(30)28-17-12-25-29-19(17)20-26-15-9-18(31-4)23(3,32-5)11-16(15)27-20/h7-10,12,14H,6,11,24H2,1-5H3,(H,25,29)(H,26,27)(H,28,30). The van der Waals surface area contributed by atoms with Gasteiger partial charge in [0.1, 0.15) is 22.7 Å². The second kappa shape index (κ2) is 8.53. The van der Waals surface area contributed by atoms with Crippen LogP contribution in [-0.2, 0) is 25.4 Å². The molecule has 10 heteroatoms. The molecule has 0 aromatic carbocycles. The van der Waals surface area contributed by atoms with Gasteiger partial charge in [0.15, 0.2) is 5.82 Å². The summed E-state index contributed by atoms with van der Waals surface area (Å²) in [5.41, 5.74) is 7.80. The third-order valence-electron chi connectivity index (χ3n) is 6.21. The third-order valence-corrected chi connectivity index (χ3v) is 6.21. The normalized spacial score (nSPS) is 26.4. The summed E-state index contributed by atoms with van der Waals surface area (Å²) in [6.07, 6.45) is 9.22. The van der Waals surface area contributed by atoms with E-state index in [0.717, 1.165) is 11.4 Å². The molecule has 0 fully saturated rings. The molecule has 10 nitrogen and oxygen atoms in total. The summed E-state index contributed by atoms with van der Waals surface area (Å²) in [7, 11) is 3.26. The Morgan fingerprint density at radius 2 is 2.15 bits per heavy atom. The lowest BCUT2D eigenvalue weighted by molar-refractivity contribution is -0.126. The van der Waals surface area contributed by atoms with Gasteiger partial charge in [-0.2, -0.15) is 5.10 Å². The number of nitrogens with zero attached hydrogens (tertiary/aromatic N) is 2. The van der Waals surface area contributed by atoms with Gasteiger partial charge in [0, 0.05) is 37.6 Å². The van der Waals surface area contributed by atoms with Crippen molar-refractivity contribution < 1.29 is 19.0 Å². The zero-order valence-corrected chi connectivity index (χ0v) is 19.5. The minimum absolute atomic E-state index is 0.238. The molecule has 33 heavy (non-hydrogen) atoms. The van der Waals surface area contributed by atoms with E-state index in [1.807, 2.05) is 26.8 Å². The molecule has 2 heterocycles. The fourth-order valence-electron chi connectivity index (χ4n) is 4.37. The Bertz CT molecular complexity index is 1150. The largest absolute Gasteiger partial charge is 0.498 e. The quantitative estimate of drug-likeness (QED) is 0.504. The van der Waals surface area contributed by atoms with E-state index in [2.05, 4.69) is 25.5 Å². The number of hydrogen-bond donors (Lipinski definition) is 4. The van der Waals surface area contributed by atoms with Gasteiger partial charge in [0.2, 0.25) is 5.91 Å². The lowest BCUT2D eigenvalue weighted by Gasteiger charge is -2.34. The average Bonchev–Trinajstić information content (AvgIpc) is 3.38. The van der Waals surface area contributed by atoms with Crippen LogP contribution in [0.4, 0.5) is 5.69 Å². The van der Waals surface area contributed by atoms with Crippen molar-refractivity contribution in [2.75, 3.05) is 26.1 Å². The van der Waals surface area contributed by atoms with E-state index >= 15 is 0 Å². The van der Waals surface area contributed by atoms with E-state index in [1.165, 1.54) is 0 Å². The lowest BCUT2D eigenvalue weighted by atomic mass is 9.83. The summed E-state index contributed by atoms with van der Waals surface area (Å²) < 4.78 is 17.1. The fraction of sp³-hybridized carbons (Fsp3) is 0.435. The molecule has 3 unspecified atom stereocenters. The van der Waals surface area contributed by atoms with Crippen LogP contribution in [0.25, 0.3) is 17.6 Å². The monoisotopic (exact) mass is 454 g/mol. The first-order valence-corrected chi connectivity index (χ1v) is 10.8. The van der Waals surface area contributed by atoms with Crippen LogP contribution in [-0.4, -0.2) is 58.1 Å². The number of H-pyrrole nitrogens is 2. The summed E-state index contributed by atoms with van der Waals surface area (Å²) >= 11 is 0. The van der Waals surface area contributed by atoms with Gasteiger partial charge in [0.25, 0.3) is 0 Å². The number of nitrogens with one attached hydrogen (secondary N) is 3. The van der Waals surface area contributed by atoms with E-state index < -0.39 is 17.1 Å². The summed E-state index contributed by atoms with van der Waals surface area (Å²) in [6.45, 7) is 6.14. The average molecular weight is 455 g/mol. The maximum atomic E-state index is 13.2. The molecular formula is C23H30N6O4. The molecule has 5 N–H and O–H groups in total. The van der Waals surface area contributed by atoms with Gasteiger partial charge < -0.3 is 30.2 Å². The van der Waals surface area contributed by atoms with Gasteiger partial charge in [-0.25, -0.2) is 4.98 Å². The van der Waals surface area contributed by atoms with Crippen molar-refractivity contribution >= 4 is 17.7 Å². The number of fused-ring (bicyclic) bond motifs is 1. The molecule has 1 amide bonds. The molecule has 0 spiro atoms. The predicted molar refractivity (Wildman–Crippen MR) is 124 cm³/mol. The Labute approximate surface area is 192 Å². The number of allylic oxidation sites excluding steroid dienone is 1. The highest BCUT2D eigenvalue weighted by molar-refractivity contribution is 5.97. The first-order chi connectivity index (χ1) is 15.7. The highest BCUT2D eigenvalue weighted by Gasteiger charge is 2.39. The maximum Gasteiger partial charge on any atom is 0.234 e. The van der Waals surface area contributed by atoms with Crippen LogP contribution in [0.3, 0.4) is 0 Å². The summed E-state index contributed by atoms with van der Waals surface area (Å²) in [4.78, 5) is 21.2. The molecule has 4 rings (SSSR count). The molecule has 2 aromatic rings. The molecular weight excluding hydrogens is 424 g/mol. The number of nitrogens with two attached hydrogens (primary N) is 1. The number of aromatic nitrogens is 4. The summed E-state index contributed by atoms with van der Waals surface area (Å²) in [5, 5.41) is 10.0. The van der Waals surface area contributed by atoms with Crippen molar-refractivity contribution in [1.29, 1.82) is 0 Å². The van der Waals surface area contributed by atoms with Crippen LogP contribution in [0.2, 0.25) is 0 Å². The highest BCUT2D eigenvalue weighted by atomic mass is 16.5. The second-order valence-electron chi connectivity index (χ2n) is 8.52. The van der Waals surface area contributed by atoms with Crippen LogP contribution in [0, 0.1) is 5.92 Å². The van der Waals surface area contributed by atoms with Crippen LogP contribution >= 0.6 is 0 Å². The molecule has 0 bridgehead atoms. The first-order valence-electron chi connectivity index (χ1n) is 10.8. The number of ether oxygens (including phenoxy) is 3. The highest BCUT2D eigenvalue weighted by Crippen LogP contribution is 2.36. The molecule has 0 radical (unpaired) electrons. The molecule has 176 valence electrons. The van der Waals surface area contributed by atoms with E-state index in [0.29, 0.717) is 41.7 Å². The van der Waals surface area contributed by atoms with Crippen molar-refractivity contribution in [2.24, 2.45) is 11.7 Å². The zero-order valence-electron chi connectivity index (χ0n) is 19.5. The Hall–Kier alpha value is -3.37. The number of methoxy groups -OCH3 is 2. The van der Waals surface area contributed by atoms with Crippen molar-refractivity contribution in [1.82, 2.24) is 20.2 Å². The first kappa shape index (κ1) is 22.8. The molecule has 2 aromatic heterocycles. The van der Waals surface area contributed by atoms with E-state index in [9.17, 15) is 4.79 Å². The smallest absolute Gasteiger partial charge is 0.234 e. The number of aromatic amines is 2. The summed E-state index contributed by atoms with van der Waals surface area (Å²) in [5.74, 6) is 0.446. The molecule has 0 saturated carbocycles. The van der Waals surface area contributed by atoms with Gasteiger partial charge in [-0.1, -0.05) is 6.08 Å². The molecule has 3 atom stereocenters. The van der Waals surface area contributed by atoms with Crippen LogP contribution in [0.15, 0.2) is 35.9 Å². The van der Waals surface area contributed by atoms with Crippen molar-refractivity contribution in [3.05, 3.63) is 47.3 Å². The van der Waals surface area contributed by atoms with Crippen molar-refractivity contribution in [3.8, 4) is 11.5 Å². The van der Waals surface area contributed by atoms with Crippen molar-refractivity contribution in [3.63, 3.8) is 0 Å². The Morgan fingerprint density at radius 3 is 2.85 bits per heavy atom. The third kappa shape index (κ3) is 4.07. The maximum absolute atomic E-state index is 13.2. The van der Waals surface area contributed by atoms with E-state index in [-0.39, 0.29) is 5.91 Å². The predicted octanol–water partition coefficient (Wildman–Crippen LogP) is 2.51. The Balaban J connectivity index is 1.60. The number of anilines is 1. The van der Waals surface area contributed by atoms with Gasteiger partial charge in [0.05, 0.1) is 30.6 Å². The Morgan fingerprint density at radius 1 is 1.36 bits per heavy atom.